The molecule has 1 aromatic heterocycles. The van der Waals surface area contributed by atoms with Gasteiger partial charge in [-0.1, -0.05) is 0 Å². The molecule has 0 aliphatic rings. The number of rotatable bonds is 6. The minimum absolute atomic E-state index is 0.370. The standard InChI is InChI=1S/C10H16N2O2S2/c1-7-8(9(13)14-2)12-10(16-7)11-5-4-6-15-3/h4-6H2,1-3H3,(H,11,12). The average Bonchev–Trinajstić information content (AvgIpc) is 2.65. The first-order valence-electron chi connectivity index (χ1n) is 4.97. The number of esters is 1. The van der Waals surface area contributed by atoms with E-state index in [4.69, 9.17) is 0 Å². The summed E-state index contributed by atoms with van der Waals surface area (Å²) in [6.07, 6.45) is 3.18. The van der Waals surface area contributed by atoms with Gasteiger partial charge < -0.3 is 10.1 Å². The summed E-state index contributed by atoms with van der Waals surface area (Å²) in [4.78, 5) is 16.4. The molecule has 0 atom stereocenters. The summed E-state index contributed by atoms with van der Waals surface area (Å²) in [6, 6.07) is 0. The third-order valence-corrected chi connectivity index (χ3v) is 3.60. The van der Waals surface area contributed by atoms with Crippen molar-refractivity contribution in [3.63, 3.8) is 0 Å². The Bertz CT molecular complexity index is 353. The number of thioether (sulfide) groups is 1. The van der Waals surface area contributed by atoms with E-state index in [9.17, 15) is 4.79 Å². The van der Waals surface area contributed by atoms with Crippen molar-refractivity contribution in [1.29, 1.82) is 0 Å². The first-order chi connectivity index (χ1) is 7.69. The summed E-state index contributed by atoms with van der Waals surface area (Å²) < 4.78 is 4.65. The number of nitrogens with one attached hydrogen (secondary N) is 1. The SMILES string of the molecule is COC(=O)c1nc(NCCCSC)sc1C. The quantitative estimate of drug-likeness (QED) is 0.629. The van der Waals surface area contributed by atoms with Crippen LogP contribution in [0.1, 0.15) is 21.8 Å². The van der Waals surface area contributed by atoms with E-state index in [0.29, 0.717) is 5.69 Å². The van der Waals surface area contributed by atoms with Gasteiger partial charge in [0, 0.05) is 11.4 Å². The van der Waals surface area contributed by atoms with E-state index in [2.05, 4.69) is 21.3 Å². The van der Waals surface area contributed by atoms with Crippen LogP contribution in [-0.4, -0.2) is 36.6 Å². The van der Waals surface area contributed by atoms with Gasteiger partial charge in [-0.15, -0.1) is 11.3 Å². The summed E-state index contributed by atoms with van der Waals surface area (Å²) in [5.41, 5.74) is 0.417. The predicted octanol–water partition coefficient (Wildman–Crippen LogP) is 2.40. The second-order valence-corrected chi connectivity index (χ2v) is 5.38. The average molecular weight is 260 g/mol. The van der Waals surface area contributed by atoms with E-state index >= 15 is 0 Å². The number of aromatic nitrogens is 1. The van der Waals surface area contributed by atoms with E-state index in [0.717, 1.165) is 28.7 Å². The molecule has 0 saturated heterocycles. The van der Waals surface area contributed by atoms with Crippen LogP contribution in [0, 0.1) is 6.92 Å². The van der Waals surface area contributed by atoms with Crippen LogP contribution in [0.3, 0.4) is 0 Å². The van der Waals surface area contributed by atoms with Crippen molar-refractivity contribution in [3.05, 3.63) is 10.6 Å². The van der Waals surface area contributed by atoms with Crippen molar-refractivity contribution >= 4 is 34.2 Å². The molecule has 0 bridgehead atoms. The molecular weight excluding hydrogens is 244 g/mol. The van der Waals surface area contributed by atoms with Gasteiger partial charge >= 0.3 is 5.97 Å². The van der Waals surface area contributed by atoms with Crippen LogP contribution in [0.4, 0.5) is 5.13 Å². The number of ether oxygens (including phenoxy) is 1. The molecule has 0 aromatic carbocycles. The Morgan fingerprint density at radius 2 is 2.38 bits per heavy atom. The van der Waals surface area contributed by atoms with Crippen molar-refractivity contribution < 1.29 is 9.53 Å². The Hall–Kier alpha value is -0.750. The van der Waals surface area contributed by atoms with Crippen molar-refractivity contribution in [2.45, 2.75) is 13.3 Å². The number of hydrogen-bond donors (Lipinski definition) is 1. The van der Waals surface area contributed by atoms with Crippen LogP contribution in [0.5, 0.6) is 0 Å². The molecule has 0 spiro atoms. The highest BCUT2D eigenvalue weighted by molar-refractivity contribution is 7.98. The third-order valence-electron chi connectivity index (χ3n) is 1.98. The molecule has 1 rings (SSSR count). The van der Waals surface area contributed by atoms with E-state index in [1.54, 1.807) is 0 Å². The van der Waals surface area contributed by atoms with Crippen molar-refractivity contribution in [2.75, 3.05) is 31.0 Å². The van der Waals surface area contributed by atoms with Crippen molar-refractivity contribution in [1.82, 2.24) is 4.98 Å². The van der Waals surface area contributed by atoms with Gasteiger partial charge in [0.25, 0.3) is 0 Å². The Morgan fingerprint density at radius 3 is 3.00 bits per heavy atom. The van der Waals surface area contributed by atoms with Gasteiger partial charge in [-0.3, -0.25) is 0 Å². The van der Waals surface area contributed by atoms with Crippen LogP contribution < -0.4 is 5.32 Å². The van der Waals surface area contributed by atoms with E-state index < -0.39 is 0 Å². The molecule has 1 heterocycles. The van der Waals surface area contributed by atoms with Crippen LogP contribution in [0.25, 0.3) is 0 Å². The molecule has 0 fully saturated rings. The normalized spacial score (nSPS) is 10.2. The smallest absolute Gasteiger partial charge is 0.357 e. The molecule has 1 aromatic rings. The minimum Gasteiger partial charge on any atom is -0.464 e. The Morgan fingerprint density at radius 1 is 1.62 bits per heavy atom. The topological polar surface area (TPSA) is 51.2 Å². The number of thiazole rings is 1. The van der Waals surface area contributed by atoms with E-state index in [-0.39, 0.29) is 5.97 Å². The number of methoxy groups -OCH3 is 1. The van der Waals surface area contributed by atoms with E-state index in [1.807, 2.05) is 18.7 Å². The Kier molecular flexibility index (Phi) is 5.62. The van der Waals surface area contributed by atoms with Crippen molar-refractivity contribution in [2.24, 2.45) is 0 Å². The second-order valence-electron chi connectivity index (χ2n) is 3.19. The zero-order valence-electron chi connectivity index (χ0n) is 9.70. The maximum atomic E-state index is 11.3. The lowest BCUT2D eigenvalue weighted by Gasteiger charge is -2.00. The number of carbonyl (C=O) groups excluding carboxylic acids is 1. The Balaban J connectivity index is 2.52. The van der Waals surface area contributed by atoms with Gasteiger partial charge in [0.2, 0.25) is 0 Å². The number of anilines is 1. The molecule has 16 heavy (non-hydrogen) atoms. The van der Waals surface area contributed by atoms with Crippen LogP contribution in [0.2, 0.25) is 0 Å². The lowest BCUT2D eigenvalue weighted by molar-refractivity contribution is 0.0594. The fraction of sp³-hybridized carbons (Fsp3) is 0.600. The van der Waals surface area contributed by atoms with E-state index in [1.165, 1.54) is 18.4 Å². The molecule has 0 radical (unpaired) electrons. The largest absolute Gasteiger partial charge is 0.464 e. The molecule has 90 valence electrons. The summed E-state index contributed by atoms with van der Waals surface area (Å²) >= 11 is 3.31. The van der Waals surface area contributed by atoms with Crippen LogP contribution in [-0.2, 0) is 4.74 Å². The highest BCUT2D eigenvalue weighted by atomic mass is 32.2. The molecule has 0 aliphatic heterocycles. The fourth-order valence-electron chi connectivity index (χ4n) is 1.17. The highest BCUT2D eigenvalue weighted by Gasteiger charge is 2.15. The van der Waals surface area contributed by atoms with Gasteiger partial charge in [-0.2, -0.15) is 11.8 Å². The molecule has 0 unspecified atom stereocenters. The van der Waals surface area contributed by atoms with Gasteiger partial charge in [-0.05, 0) is 25.4 Å². The van der Waals surface area contributed by atoms with Gasteiger partial charge in [0.15, 0.2) is 10.8 Å². The summed E-state index contributed by atoms with van der Waals surface area (Å²) in [6.45, 7) is 2.76. The zero-order valence-corrected chi connectivity index (χ0v) is 11.3. The monoisotopic (exact) mass is 260 g/mol. The molecular formula is C10H16N2O2S2. The summed E-state index contributed by atoms with van der Waals surface area (Å²) in [7, 11) is 1.37. The first-order valence-corrected chi connectivity index (χ1v) is 7.18. The fourth-order valence-corrected chi connectivity index (χ4v) is 2.43. The van der Waals surface area contributed by atoms with Gasteiger partial charge in [0.05, 0.1) is 7.11 Å². The van der Waals surface area contributed by atoms with Gasteiger partial charge in [-0.25, -0.2) is 9.78 Å². The molecule has 6 heteroatoms. The maximum absolute atomic E-state index is 11.3. The maximum Gasteiger partial charge on any atom is 0.357 e. The lowest BCUT2D eigenvalue weighted by Crippen LogP contribution is -2.05. The van der Waals surface area contributed by atoms with Crippen LogP contribution >= 0.6 is 23.1 Å². The molecule has 0 aliphatic carbocycles. The molecule has 4 nitrogen and oxygen atoms in total. The third kappa shape index (κ3) is 3.68. The number of hydrogen-bond acceptors (Lipinski definition) is 6. The molecule has 0 saturated carbocycles. The minimum atomic E-state index is -0.370. The molecule has 1 N–H and O–H groups in total. The zero-order chi connectivity index (χ0) is 12.0. The van der Waals surface area contributed by atoms with Gasteiger partial charge in [0.1, 0.15) is 0 Å². The Labute approximate surface area is 104 Å². The van der Waals surface area contributed by atoms with Crippen molar-refractivity contribution in [3.8, 4) is 0 Å². The highest BCUT2D eigenvalue weighted by Crippen LogP contribution is 2.22. The number of aryl methyl sites for hydroxylation is 1. The number of nitrogens with zero attached hydrogens (tertiary/aromatic N) is 1. The summed E-state index contributed by atoms with van der Waals surface area (Å²) in [5.74, 6) is 0.757. The first kappa shape index (κ1) is 13.3. The molecule has 0 amide bonds. The summed E-state index contributed by atoms with van der Waals surface area (Å²) in [5, 5.41) is 4.00. The second kappa shape index (κ2) is 6.75. The predicted molar refractivity (Wildman–Crippen MR) is 69.7 cm³/mol. The number of carbonyl (C=O) groups is 1. The lowest BCUT2D eigenvalue weighted by atomic mass is 10.4. The van der Waals surface area contributed by atoms with Crippen LogP contribution in [0.15, 0.2) is 0 Å².